The number of aromatic nitrogens is 2. The van der Waals surface area contributed by atoms with Gasteiger partial charge in [0.25, 0.3) is 0 Å². The van der Waals surface area contributed by atoms with E-state index in [1.165, 1.54) is 12.1 Å². The number of rotatable bonds is 4. The van der Waals surface area contributed by atoms with E-state index in [2.05, 4.69) is 31.4 Å². The van der Waals surface area contributed by atoms with Gasteiger partial charge in [0.1, 0.15) is 5.82 Å². The summed E-state index contributed by atoms with van der Waals surface area (Å²) < 4.78 is 13.9. The molecule has 0 saturated heterocycles. The molecule has 0 saturated carbocycles. The summed E-state index contributed by atoms with van der Waals surface area (Å²) in [5, 5.41) is 10.9. The van der Waals surface area contributed by atoms with Crippen molar-refractivity contribution >= 4 is 15.9 Å². The van der Waals surface area contributed by atoms with Crippen LogP contribution in [0.25, 0.3) is 0 Å². The third kappa shape index (κ3) is 3.57. The van der Waals surface area contributed by atoms with E-state index in [0.29, 0.717) is 13.1 Å². The second-order valence-electron chi connectivity index (χ2n) is 3.55. The second-order valence-corrected chi connectivity index (χ2v) is 4.41. The minimum Gasteiger partial charge on any atom is -0.307 e. The molecule has 0 spiro atoms. The molecule has 0 radical (unpaired) electrons. The van der Waals surface area contributed by atoms with Crippen LogP contribution in [0.3, 0.4) is 0 Å². The van der Waals surface area contributed by atoms with Gasteiger partial charge in [0.05, 0.1) is 5.69 Å². The van der Waals surface area contributed by atoms with E-state index in [1.807, 2.05) is 12.1 Å². The van der Waals surface area contributed by atoms with E-state index in [1.54, 1.807) is 12.3 Å². The maximum Gasteiger partial charge on any atom is 0.123 e. The van der Waals surface area contributed by atoms with Crippen molar-refractivity contribution in [3.8, 4) is 0 Å². The van der Waals surface area contributed by atoms with Gasteiger partial charge in [0.2, 0.25) is 0 Å². The standard InChI is InChI=1S/C12H11BrFN3/c13-12-4-3-10(14)6-9(12)7-15-8-11-2-1-5-16-17-11/h1-6,15H,7-8H2. The molecule has 5 heteroatoms. The summed E-state index contributed by atoms with van der Waals surface area (Å²) in [5.74, 6) is -0.232. The third-order valence-corrected chi connectivity index (χ3v) is 3.03. The van der Waals surface area contributed by atoms with Crippen LogP contribution in [0.15, 0.2) is 41.0 Å². The fourth-order valence-corrected chi connectivity index (χ4v) is 1.82. The summed E-state index contributed by atoms with van der Waals surface area (Å²) in [6, 6.07) is 8.36. The van der Waals surface area contributed by atoms with E-state index in [9.17, 15) is 4.39 Å². The van der Waals surface area contributed by atoms with Gasteiger partial charge in [0.15, 0.2) is 0 Å². The van der Waals surface area contributed by atoms with E-state index >= 15 is 0 Å². The Hall–Kier alpha value is -1.33. The van der Waals surface area contributed by atoms with Crippen molar-refractivity contribution in [2.75, 3.05) is 0 Å². The molecule has 3 nitrogen and oxygen atoms in total. The molecule has 0 aliphatic rings. The van der Waals surface area contributed by atoms with Gasteiger partial charge < -0.3 is 5.32 Å². The van der Waals surface area contributed by atoms with Gasteiger partial charge in [0, 0.05) is 23.8 Å². The molecular weight excluding hydrogens is 285 g/mol. The lowest BCUT2D eigenvalue weighted by atomic mass is 10.2. The topological polar surface area (TPSA) is 37.8 Å². The van der Waals surface area contributed by atoms with Crippen molar-refractivity contribution in [2.24, 2.45) is 0 Å². The Morgan fingerprint density at radius 2 is 2.12 bits per heavy atom. The fraction of sp³-hybridized carbons (Fsp3) is 0.167. The van der Waals surface area contributed by atoms with Crippen LogP contribution in [0.4, 0.5) is 4.39 Å². The smallest absolute Gasteiger partial charge is 0.123 e. The monoisotopic (exact) mass is 295 g/mol. The number of benzene rings is 1. The number of halogens is 2. The molecule has 0 atom stereocenters. The van der Waals surface area contributed by atoms with E-state index in [-0.39, 0.29) is 5.82 Å². The summed E-state index contributed by atoms with van der Waals surface area (Å²) in [5.41, 5.74) is 1.74. The Labute approximate surface area is 107 Å². The Kier molecular flexibility index (Phi) is 4.17. The number of nitrogens with zero attached hydrogens (tertiary/aromatic N) is 2. The van der Waals surface area contributed by atoms with Crippen LogP contribution in [-0.4, -0.2) is 10.2 Å². The first-order valence-electron chi connectivity index (χ1n) is 5.17. The fourth-order valence-electron chi connectivity index (χ4n) is 1.43. The maximum atomic E-state index is 13.0. The SMILES string of the molecule is Fc1ccc(Br)c(CNCc2cccnn2)c1. The summed E-state index contributed by atoms with van der Waals surface area (Å²) in [7, 11) is 0. The Morgan fingerprint density at radius 1 is 1.24 bits per heavy atom. The van der Waals surface area contributed by atoms with Crippen molar-refractivity contribution in [1.29, 1.82) is 0 Å². The highest BCUT2D eigenvalue weighted by molar-refractivity contribution is 9.10. The summed E-state index contributed by atoms with van der Waals surface area (Å²) in [4.78, 5) is 0. The highest BCUT2D eigenvalue weighted by atomic mass is 79.9. The largest absolute Gasteiger partial charge is 0.307 e. The third-order valence-electron chi connectivity index (χ3n) is 2.26. The first-order valence-corrected chi connectivity index (χ1v) is 5.96. The molecule has 1 N–H and O–H groups in total. The summed E-state index contributed by atoms with van der Waals surface area (Å²) >= 11 is 3.38. The zero-order chi connectivity index (χ0) is 12.1. The molecule has 0 unspecified atom stereocenters. The van der Waals surface area contributed by atoms with Gasteiger partial charge in [-0.15, -0.1) is 0 Å². The quantitative estimate of drug-likeness (QED) is 0.942. The van der Waals surface area contributed by atoms with Crippen LogP contribution in [0.5, 0.6) is 0 Å². The van der Waals surface area contributed by atoms with E-state index in [0.717, 1.165) is 15.7 Å². The molecule has 88 valence electrons. The van der Waals surface area contributed by atoms with Crippen LogP contribution < -0.4 is 5.32 Å². The zero-order valence-electron chi connectivity index (χ0n) is 9.03. The van der Waals surface area contributed by atoms with Gasteiger partial charge in [-0.25, -0.2) is 4.39 Å². The van der Waals surface area contributed by atoms with Gasteiger partial charge in [-0.2, -0.15) is 10.2 Å². The Balaban J connectivity index is 1.92. The molecule has 0 bridgehead atoms. The predicted molar refractivity (Wildman–Crippen MR) is 66.7 cm³/mol. The van der Waals surface area contributed by atoms with Gasteiger partial charge in [-0.3, -0.25) is 0 Å². The van der Waals surface area contributed by atoms with E-state index < -0.39 is 0 Å². The lowest BCUT2D eigenvalue weighted by Gasteiger charge is -2.06. The van der Waals surface area contributed by atoms with Crippen LogP contribution >= 0.6 is 15.9 Å². The van der Waals surface area contributed by atoms with Crippen molar-refractivity contribution in [1.82, 2.24) is 15.5 Å². The van der Waals surface area contributed by atoms with Gasteiger partial charge in [-0.05, 0) is 35.9 Å². The lowest BCUT2D eigenvalue weighted by molar-refractivity contribution is 0.617. The molecule has 0 amide bonds. The first kappa shape index (κ1) is 12.1. The van der Waals surface area contributed by atoms with Crippen LogP contribution in [-0.2, 0) is 13.1 Å². The first-order chi connectivity index (χ1) is 8.25. The van der Waals surface area contributed by atoms with Crippen molar-refractivity contribution in [3.63, 3.8) is 0 Å². The summed E-state index contributed by atoms with van der Waals surface area (Å²) in [6.45, 7) is 1.19. The molecule has 1 aromatic carbocycles. The normalized spacial score (nSPS) is 10.5. The predicted octanol–water partition coefficient (Wildman–Crippen LogP) is 2.67. The summed E-state index contributed by atoms with van der Waals surface area (Å²) in [6.07, 6.45) is 1.63. The van der Waals surface area contributed by atoms with Crippen LogP contribution in [0.2, 0.25) is 0 Å². The highest BCUT2D eigenvalue weighted by Gasteiger charge is 2.01. The second kappa shape index (κ2) is 5.84. The minimum absolute atomic E-state index is 0.232. The highest BCUT2D eigenvalue weighted by Crippen LogP contribution is 2.17. The van der Waals surface area contributed by atoms with E-state index in [4.69, 9.17) is 0 Å². The Bertz CT molecular complexity index is 490. The zero-order valence-corrected chi connectivity index (χ0v) is 10.6. The molecule has 0 aliphatic heterocycles. The molecule has 1 heterocycles. The molecule has 0 fully saturated rings. The molecular formula is C12H11BrFN3. The number of hydrogen-bond acceptors (Lipinski definition) is 3. The van der Waals surface area contributed by atoms with Gasteiger partial charge in [-0.1, -0.05) is 15.9 Å². The van der Waals surface area contributed by atoms with Crippen molar-refractivity contribution in [2.45, 2.75) is 13.1 Å². The van der Waals surface area contributed by atoms with Crippen molar-refractivity contribution < 1.29 is 4.39 Å². The molecule has 17 heavy (non-hydrogen) atoms. The van der Waals surface area contributed by atoms with Crippen LogP contribution in [0, 0.1) is 5.82 Å². The molecule has 2 rings (SSSR count). The molecule has 1 aromatic heterocycles. The average Bonchev–Trinajstić information content (AvgIpc) is 2.35. The maximum absolute atomic E-state index is 13.0. The van der Waals surface area contributed by atoms with Crippen LogP contribution in [0.1, 0.15) is 11.3 Å². The lowest BCUT2D eigenvalue weighted by Crippen LogP contribution is -2.14. The molecule has 0 aliphatic carbocycles. The minimum atomic E-state index is -0.232. The number of nitrogens with one attached hydrogen (secondary N) is 1. The van der Waals surface area contributed by atoms with Crippen molar-refractivity contribution in [3.05, 3.63) is 58.1 Å². The van der Waals surface area contributed by atoms with Gasteiger partial charge >= 0.3 is 0 Å². The Morgan fingerprint density at radius 3 is 2.88 bits per heavy atom. The molecule has 2 aromatic rings. The number of hydrogen-bond donors (Lipinski definition) is 1. The average molecular weight is 296 g/mol.